The number of nitrogens with zero attached hydrogens (tertiary/aromatic N) is 1. The maximum absolute atomic E-state index is 13.9. The Morgan fingerprint density at radius 3 is 2.28 bits per heavy atom. The van der Waals surface area contributed by atoms with E-state index in [0.29, 0.717) is 24.3 Å². The zero-order valence-electron chi connectivity index (χ0n) is 28.0. The van der Waals surface area contributed by atoms with Gasteiger partial charge in [-0.1, -0.05) is 6.92 Å². The van der Waals surface area contributed by atoms with E-state index in [2.05, 4.69) is 11.8 Å². The van der Waals surface area contributed by atoms with E-state index in [1.54, 1.807) is 59.8 Å². The van der Waals surface area contributed by atoms with Crippen molar-refractivity contribution in [3.63, 3.8) is 0 Å². The predicted molar refractivity (Wildman–Crippen MR) is 164 cm³/mol. The number of hydrogen-bond acceptors (Lipinski definition) is 11. The molecule has 7 rings (SSSR count). The summed E-state index contributed by atoms with van der Waals surface area (Å²) in [5.74, 6) is -1.38. The van der Waals surface area contributed by atoms with Gasteiger partial charge in [0.1, 0.15) is 23.1 Å². The molecule has 0 unspecified atom stereocenters. The van der Waals surface area contributed by atoms with Crippen molar-refractivity contribution in [1.82, 2.24) is 4.90 Å². The standard InChI is InChI=1S/C35H49NO10/c1-8-36-17-32(18-40-3)14-13-23(42-5)35-22-15-33(39)24(43-6)16-34(46-19(2)37,26(29(35)36)27(44-7)28(32)35)25(22)30(33)45-31(38)20-9-11-21(41-4)12-10-20/h9-12,22-30,39H,8,13-18H2,1-7H3/t22-,23+,24-,25-,26+,27+,28+,29-,30-,32+,33+,34-,35+/m1/s1. The van der Waals surface area contributed by atoms with E-state index < -0.39 is 46.7 Å². The summed E-state index contributed by atoms with van der Waals surface area (Å²) in [6, 6.07) is 6.66. The summed E-state index contributed by atoms with van der Waals surface area (Å²) in [7, 11) is 8.44. The third kappa shape index (κ3) is 3.87. The van der Waals surface area contributed by atoms with E-state index in [1.165, 1.54) is 6.92 Å². The van der Waals surface area contributed by atoms with Crippen molar-refractivity contribution in [2.75, 3.05) is 55.2 Å². The van der Waals surface area contributed by atoms with Gasteiger partial charge in [-0.15, -0.1) is 0 Å². The highest BCUT2D eigenvalue weighted by Gasteiger charge is 2.89. The molecule has 13 atom stereocenters. The van der Waals surface area contributed by atoms with Gasteiger partial charge in [0, 0.05) is 83.0 Å². The lowest BCUT2D eigenvalue weighted by atomic mass is 9.43. The van der Waals surface area contributed by atoms with Gasteiger partial charge in [0.2, 0.25) is 0 Å². The number of piperidine rings is 1. The quantitative estimate of drug-likeness (QED) is 0.379. The van der Waals surface area contributed by atoms with Crippen LogP contribution in [-0.4, -0.2) is 119 Å². The number of fused-ring (bicyclic) bond motifs is 2. The molecule has 1 N–H and O–H groups in total. The average Bonchev–Trinajstić information content (AvgIpc) is 3.42. The largest absolute Gasteiger partial charge is 0.497 e. The van der Waals surface area contributed by atoms with Crippen LogP contribution in [0.5, 0.6) is 5.75 Å². The molecule has 5 saturated carbocycles. The highest BCUT2D eigenvalue weighted by Crippen LogP contribution is 2.80. The lowest BCUT2D eigenvalue weighted by Gasteiger charge is -2.69. The van der Waals surface area contributed by atoms with Crippen molar-refractivity contribution >= 4 is 11.9 Å². The van der Waals surface area contributed by atoms with Crippen molar-refractivity contribution in [3.05, 3.63) is 29.8 Å². The Morgan fingerprint density at radius 2 is 1.70 bits per heavy atom. The van der Waals surface area contributed by atoms with Crippen molar-refractivity contribution in [1.29, 1.82) is 0 Å². The molecule has 1 spiro atoms. The van der Waals surface area contributed by atoms with Gasteiger partial charge in [-0.3, -0.25) is 9.69 Å². The van der Waals surface area contributed by atoms with Crippen LogP contribution in [0, 0.1) is 34.5 Å². The minimum absolute atomic E-state index is 0.00534. The van der Waals surface area contributed by atoms with Gasteiger partial charge in [0.15, 0.2) is 0 Å². The topological polar surface area (TPSA) is 122 Å². The van der Waals surface area contributed by atoms with E-state index in [1.807, 2.05) is 0 Å². The first-order valence-electron chi connectivity index (χ1n) is 16.6. The fraction of sp³-hybridized carbons (Fsp3) is 0.771. The first-order chi connectivity index (χ1) is 22.1. The molecule has 1 aromatic carbocycles. The molecule has 5 aliphatic carbocycles. The fourth-order valence-electron chi connectivity index (χ4n) is 12.4. The third-order valence-corrected chi connectivity index (χ3v) is 13.3. The van der Waals surface area contributed by atoms with Crippen molar-refractivity contribution < 1.29 is 47.9 Å². The second-order valence-electron chi connectivity index (χ2n) is 14.6. The minimum atomic E-state index is -1.51. The molecule has 6 fully saturated rings. The Labute approximate surface area is 271 Å². The second kappa shape index (κ2) is 11.1. The highest BCUT2D eigenvalue weighted by atomic mass is 16.6. The summed E-state index contributed by atoms with van der Waals surface area (Å²) in [6.07, 6.45) is 0.142. The van der Waals surface area contributed by atoms with Gasteiger partial charge in [-0.2, -0.15) is 0 Å². The number of ether oxygens (including phenoxy) is 7. The van der Waals surface area contributed by atoms with Crippen LogP contribution in [0.4, 0.5) is 0 Å². The van der Waals surface area contributed by atoms with Crippen molar-refractivity contribution in [2.24, 2.45) is 34.5 Å². The smallest absolute Gasteiger partial charge is 0.338 e. The van der Waals surface area contributed by atoms with Gasteiger partial charge in [0.25, 0.3) is 0 Å². The highest BCUT2D eigenvalue weighted by molar-refractivity contribution is 5.89. The molecule has 1 aromatic rings. The van der Waals surface area contributed by atoms with Crippen LogP contribution in [0.1, 0.15) is 49.9 Å². The number of benzene rings is 1. The molecular formula is C35H49NO10. The SMILES string of the molecule is CCN1C[C@]2(COC)CC[C@H](OC)[C@@]34[C@@H]5C[C@@]6(O)[C@H](OC(=O)c7ccc(OC)cc7)[C@@H]5[C@](OC(C)=O)(C[C@H]6OC)[C@@H]([C@H](OC)[C@@H]23)[C@@H]14. The molecule has 6 aliphatic rings. The number of likely N-dealkylation sites (tertiary alicyclic amines) is 1. The lowest BCUT2D eigenvalue weighted by Crippen LogP contribution is -2.77. The summed E-state index contributed by atoms with van der Waals surface area (Å²) in [5.41, 5.74) is -3.03. The second-order valence-corrected chi connectivity index (χ2v) is 14.6. The fourth-order valence-corrected chi connectivity index (χ4v) is 12.4. The van der Waals surface area contributed by atoms with Crippen LogP contribution in [-0.2, 0) is 33.2 Å². The third-order valence-electron chi connectivity index (χ3n) is 13.3. The van der Waals surface area contributed by atoms with Crippen LogP contribution in [0.15, 0.2) is 24.3 Å². The molecule has 7 bridgehead atoms. The van der Waals surface area contributed by atoms with Gasteiger partial charge in [-0.25, -0.2) is 4.79 Å². The van der Waals surface area contributed by atoms with E-state index in [-0.39, 0.29) is 47.8 Å². The molecule has 0 radical (unpaired) electrons. The zero-order chi connectivity index (χ0) is 32.8. The Morgan fingerprint density at radius 1 is 0.978 bits per heavy atom. The summed E-state index contributed by atoms with van der Waals surface area (Å²) in [6.45, 7) is 5.80. The molecular weight excluding hydrogens is 594 g/mol. The van der Waals surface area contributed by atoms with E-state index >= 15 is 0 Å². The molecule has 1 heterocycles. The van der Waals surface area contributed by atoms with E-state index in [4.69, 9.17) is 33.2 Å². The van der Waals surface area contributed by atoms with Crippen molar-refractivity contribution in [2.45, 2.75) is 81.2 Å². The van der Waals surface area contributed by atoms with Gasteiger partial charge >= 0.3 is 11.9 Å². The maximum Gasteiger partial charge on any atom is 0.338 e. The normalized spacial score (nSPS) is 46.6. The molecule has 0 aromatic heterocycles. The van der Waals surface area contributed by atoms with Crippen LogP contribution >= 0.6 is 0 Å². The molecule has 11 heteroatoms. The van der Waals surface area contributed by atoms with E-state index in [0.717, 1.165) is 25.9 Å². The zero-order valence-corrected chi connectivity index (χ0v) is 28.0. The van der Waals surface area contributed by atoms with Crippen LogP contribution in [0.25, 0.3) is 0 Å². The number of carbonyl (C=O) groups is 2. The molecule has 11 nitrogen and oxygen atoms in total. The minimum Gasteiger partial charge on any atom is -0.497 e. The Kier molecular flexibility index (Phi) is 7.81. The monoisotopic (exact) mass is 643 g/mol. The molecule has 254 valence electrons. The molecule has 46 heavy (non-hydrogen) atoms. The molecule has 0 amide bonds. The number of carbonyl (C=O) groups excluding carboxylic acids is 2. The summed E-state index contributed by atoms with van der Waals surface area (Å²) in [4.78, 5) is 29.7. The summed E-state index contributed by atoms with van der Waals surface area (Å²) >= 11 is 0. The van der Waals surface area contributed by atoms with Crippen LogP contribution < -0.4 is 4.74 Å². The average molecular weight is 644 g/mol. The Balaban J connectivity index is 1.46. The number of methoxy groups -OCH3 is 5. The number of rotatable bonds is 10. The van der Waals surface area contributed by atoms with E-state index in [9.17, 15) is 14.7 Å². The molecule has 1 saturated heterocycles. The van der Waals surface area contributed by atoms with Crippen LogP contribution in [0.3, 0.4) is 0 Å². The van der Waals surface area contributed by atoms with Gasteiger partial charge in [-0.05, 0) is 56.0 Å². The predicted octanol–water partition coefficient (Wildman–Crippen LogP) is 2.72. The van der Waals surface area contributed by atoms with Crippen LogP contribution in [0.2, 0.25) is 0 Å². The van der Waals surface area contributed by atoms with Gasteiger partial charge < -0.3 is 38.3 Å². The maximum atomic E-state index is 13.9. The molecule has 1 aliphatic heterocycles. The number of esters is 2. The summed E-state index contributed by atoms with van der Waals surface area (Å²) < 4.78 is 43.6. The first-order valence-corrected chi connectivity index (χ1v) is 16.6. The Bertz CT molecular complexity index is 1360. The summed E-state index contributed by atoms with van der Waals surface area (Å²) in [5, 5.41) is 12.8. The Hall–Kier alpha value is -2.28. The van der Waals surface area contributed by atoms with Crippen molar-refractivity contribution in [3.8, 4) is 5.75 Å². The van der Waals surface area contributed by atoms with Gasteiger partial charge in [0.05, 0.1) is 37.6 Å². The number of hydrogen-bond donors (Lipinski definition) is 1. The first kappa shape index (κ1) is 32.3. The number of aliphatic hydroxyl groups is 1. The lowest BCUT2D eigenvalue weighted by molar-refractivity contribution is -0.287.